The molecule has 0 aliphatic rings. The Balaban J connectivity index is 0.00000280. The maximum Gasteiger partial charge on any atom is 2.00 e. The summed E-state index contributed by atoms with van der Waals surface area (Å²) in [6, 6.07) is 11.1. The predicted octanol–water partition coefficient (Wildman–Crippen LogP) is 3.43. The summed E-state index contributed by atoms with van der Waals surface area (Å²) in [7, 11) is -4.82. The number of azo groups is 1. The number of hydrogen-bond donors (Lipinski definition) is 1. The number of halogens is 1. The van der Waals surface area contributed by atoms with Crippen molar-refractivity contribution in [2.75, 3.05) is 0 Å². The van der Waals surface area contributed by atoms with Crippen LogP contribution in [0.2, 0.25) is 5.02 Å². The van der Waals surface area contributed by atoms with E-state index in [2.05, 4.69) is 10.2 Å². The number of rotatable bonds is 4. The van der Waals surface area contributed by atoms with Gasteiger partial charge in [0.15, 0.2) is 0 Å². The van der Waals surface area contributed by atoms with Crippen LogP contribution >= 0.6 is 11.6 Å². The van der Waals surface area contributed by atoms with E-state index in [-0.39, 0.29) is 64.7 Å². The molecule has 28 heavy (non-hydrogen) atoms. The van der Waals surface area contributed by atoms with Gasteiger partial charge in [0.2, 0.25) is 0 Å². The van der Waals surface area contributed by atoms with Crippen LogP contribution in [0.25, 0.3) is 10.8 Å². The Bertz CT molecular complexity index is 1220. The number of carboxylic acid groups (broad SMARTS) is 1. The Morgan fingerprint density at radius 3 is 2.43 bits per heavy atom. The number of benzene rings is 3. The van der Waals surface area contributed by atoms with Crippen LogP contribution in [0.15, 0.2) is 63.7 Å². The Hall–Kier alpha value is -1.53. The minimum Gasteiger partial charge on any atom is -1.00 e. The maximum atomic E-state index is 12.4. The Labute approximate surface area is 204 Å². The van der Waals surface area contributed by atoms with Crippen molar-refractivity contribution in [1.29, 1.82) is 0 Å². The summed E-state index contributed by atoms with van der Waals surface area (Å²) < 4.78 is 33.6. The molecule has 0 saturated heterocycles. The molecule has 0 fully saturated rings. The van der Waals surface area contributed by atoms with Crippen molar-refractivity contribution >= 4 is 95.3 Å². The molecule has 3 aromatic rings. The third kappa shape index (κ3) is 4.71. The number of carbonyl (C=O) groups is 1. The van der Waals surface area contributed by atoms with Gasteiger partial charge in [-0.3, -0.25) is 0 Å². The zero-order chi connectivity index (χ0) is 19.8. The first kappa shape index (κ1) is 22.8. The number of carboxylic acids is 1. The molecule has 8 nitrogen and oxygen atoms in total. The zero-order valence-corrected chi connectivity index (χ0v) is 19.0. The molecule has 0 bridgehead atoms. The summed E-state index contributed by atoms with van der Waals surface area (Å²) in [5.41, 5.74) is -0.730. The van der Waals surface area contributed by atoms with Crippen LogP contribution in [0.5, 0.6) is 5.75 Å². The van der Waals surface area contributed by atoms with Crippen molar-refractivity contribution < 1.29 is 30.8 Å². The average Bonchev–Trinajstić information content (AvgIpc) is 2.60. The fourth-order valence-electron chi connectivity index (χ4n) is 2.42. The molecule has 142 valence electrons. The van der Waals surface area contributed by atoms with E-state index in [9.17, 15) is 28.0 Å². The minimum absolute atomic E-state index is 0. The van der Waals surface area contributed by atoms with Crippen LogP contribution in [-0.2, 0) is 10.1 Å². The van der Waals surface area contributed by atoms with E-state index < -0.39 is 32.3 Å². The molecule has 0 spiro atoms. The molecule has 0 radical (unpaired) electrons. The van der Waals surface area contributed by atoms with E-state index in [1.807, 2.05) is 0 Å². The van der Waals surface area contributed by atoms with E-state index in [1.165, 1.54) is 12.1 Å². The second-order valence-corrected chi connectivity index (χ2v) is 7.15. The van der Waals surface area contributed by atoms with Crippen molar-refractivity contribution in [2.45, 2.75) is 4.90 Å². The topological polar surface area (TPSA) is 142 Å². The van der Waals surface area contributed by atoms with Gasteiger partial charge in [0, 0.05) is 5.39 Å². The second kappa shape index (κ2) is 8.87. The van der Waals surface area contributed by atoms with Gasteiger partial charge in [-0.15, -0.1) is 0 Å². The van der Waals surface area contributed by atoms with E-state index in [4.69, 9.17) is 11.6 Å². The normalized spacial score (nSPS) is 11.5. The van der Waals surface area contributed by atoms with Gasteiger partial charge in [-0.1, -0.05) is 41.6 Å². The maximum absolute atomic E-state index is 12.4. The molecule has 0 saturated carbocycles. The summed E-state index contributed by atoms with van der Waals surface area (Å²) in [5, 5.41) is 29.8. The summed E-state index contributed by atoms with van der Waals surface area (Å²) >= 11 is 5.69. The second-order valence-electron chi connectivity index (χ2n) is 5.40. The quantitative estimate of drug-likeness (QED) is 0.335. The van der Waals surface area contributed by atoms with Crippen molar-refractivity contribution in [3.05, 3.63) is 59.1 Å². The third-order valence-corrected chi connectivity index (χ3v) is 4.97. The summed E-state index contributed by atoms with van der Waals surface area (Å²) in [4.78, 5) is 10.6. The molecule has 11 heteroatoms. The summed E-state index contributed by atoms with van der Waals surface area (Å²) in [5.74, 6) is -2.25. The van der Waals surface area contributed by atoms with Crippen molar-refractivity contribution in [3.8, 4) is 5.75 Å². The van der Waals surface area contributed by atoms with Gasteiger partial charge in [0.05, 0.1) is 26.9 Å². The molecule has 1 N–H and O–H groups in total. The van der Waals surface area contributed by atoms with Crippen LogP contribution in [0.3, 0.4) is 0 Å². The third-order valence-electron chi connectivity index (χ3n) is 3.66. The Kier molecular flexibility index (Phi) is 7.21. The first-order chi connectivity index (χ1) is 12.7. The first-order valence-corrected chi connectivity index (χ1v) is 9.10. The Morgan fingerprint density at radius 1 is 1.11 bits per heavy atom. The number of hydrogen-bond acceptors (Lipinski definition) is 7. The van der Waals surface area contributed by atoms with Crippen LogP contribution in [-0.4, -0.2) is 69.5 Å². The average molecular weight is 494 g/mol. The van der Waals surface area contributed by atoms with E-state index in [1.54, 1.807) is 24.3 Å². The zero-order valence-electron chi connectivity index (χ0n) is 16.0. The monoisotopic (exact) mass is 494 g/mol. The predicted molar refractivity (Wildman–Crippen MR) is 102 cm³/mol. The molecule has 3 rings (SSSR count). The minimum atomic E-state index is -4.82. The molecular formula is C17H11ClN2O6SSr-2. The van der Waals surface area contributed by atoms with Gasteiger partial charge in [-0.05, 0) is 29.7 Å². The van der Waals surface area contributed by atoms with E-state index in [0.29, 0.717) is 10.8 Å². The van der Waals surface area contributed by atoms with Gasteiger partial charge in [0.25, 0.3) is 0 Å². The van der Waals surface area contributed by atoms with E-state index in [0.717, 1.165) is 12.1 Å². The standard InChI is InChI=1S/C17H11ClN2O6S.Sr.2H/c18-13-6-5-10(8-14(13)27(24,25)26)19-20-15-11-4-2-1-3-9(11)7-12(16(15)21)17(22)23;;;/h1-8,21H,(H,22,23)(H,24,25,26);;;/q;+2;2*-1/p-2. The molecule has 0 atom stereocenters. The van der Waals surface area contributed by atoms with Gasteiger partial charge in [-0.25, -0.2) is 13.2 Å². The van der Waals surface area contributed by atoms with Gasteiger partial charge in [0.1, 0.15) is 10.1 Å². The van der Waals surface area contributed by atoms with Crippen LogP contribution in [0.1, 0.15) is 13.2 Å². The van der Waals surface area contributed by atoms with Crippen LogP contribution in [0.4, 0.5) is 11.4 Å². The molecule has 3 aromatic carbocycles. The number of nitrogens with zero attached hydrogens (tertiary/aromatic N) is 2. The fourth-order valence-corrected chi connectivity index (χ4v) is 3.39. The number of fused-ring (bicyclic) bond motifs is 1. The molecule has 0 unspecified atom stereocenters. The Morgan fingerprint density at radius 2 is 1.79 bits per heavy atom. The van der Waals surface area contributed by atoms with Crippen molar-refractivity contribution in [2.24, 2.45) is 10.2 Å². The van der Waals surface area contributed by atoms with Gasteiger partial charge in [-0.2, -0.15) is 10.2 Å². The van der Waals surface area contributed by atoms with Crippen molar-refractivity contribution in [3.63, 3.8) is 0 Å². The van der Waals surface area contributed by atoms with E-state index >= 15 is 0 Å². The molecule has 0 aliphatic carbocycles. The largest absolute Gasteiger partial charge is 2.00 e. The SMILES string of the molecule is O=C(O)c1cc2ccccc2c(N=Nc2ccc(Cl)c(S(=O)(=O)[O-])c2)c1[O-].[H-].[H-].[Sr+2]. The molecule has 0 heterocycles. The smallest absolute Gasteiger partial charge is 1.00 e. The number of aromatic carboxylic acids is 1. The molecule has 0 aliphatic heterocycles. The summed E-state index contributed by atoms with van der Waals surface area (Å²) in [6.07, 6.45) is 0. The van der Waals surface area contributed by atoms with Crippen LogP contribution < -0.4 is 5.11 Å². The first-order valence-electron chi connectivity index (χ1n) is 7.31. The van der Waals surface area contributed by atoms with Crippen LogP contribution in [0, 0.1) is 0 Å². The molecule has 0 amide bonds. The molecule has 0 aromatic heterocycles. The van der Waals surface area contributed by atoms with Gasteiger partial charge >= 0.3 is 51.5 Å². The summed E-state index contributed by atoms with van der Waals surface area (Å²) in [6.45, 7) is 0. The van der Waals surface area contributed by atoms with Gasteiger partial charge < -0.3 is 17.6 Å². The van der Waals surface area contributed by atoms with Crippen molar-refractivity contribution in [1.82, 2.24) is 0 Å². The molecular weight excluding hydrogens is 483 g/mol. The fraction of sp³-hybridized carbons (Fsp3) is 0.